The van der Waals surface area contributed by atoms with Gasteiger partial charge in [-0.25, -0.2) is 0 Å². The number of unbranched alkanes of at least 4 members (excludes halogenated alkanes) is 1. The lowest BCUT2D eigenvalue weighted by molar-refractivity contribution is 0.878. The molecule has 0 spiro atoms. The van der Waals surface area contributed by atoms with Crippen LogP contribution >= 0.6 is 12.4 Å². The van der Waals surface area contributed by atoms with E-state index in [1.807, 2.05) is 0 Å². The Morgan fingerprint density at radius 3 is 1.61 bits per heavy atom. The third-order valence-electron chi connectivity index (χ3n) is 3.02. The first-order valence-electron chi connectivity index (χ1n) is 6.38. The van der Waals surface area contributed by atoms with Gasteiger partial charge in [-0.3, -0.25) is 0 Å². The lowest BCUT2D eigenvalue weighted by Crippen LogP contribution is -2.41. The molecule has 0 aliphatic rings. The molecule has 0 aliphatic heterocycles. The summed E-state index contributed by atoms with van der Waals surface area (Å²) in [6, 6.07) is 23.4. The van der Waals surface area contributed by atoms with Crippen molar-refractivity contribution in [2.45, 2.75) is 25.8 Å². The molecular formula is C16H20ClSi. The van der Waals surface area contributed by atoms with Gasteiger partial charge in [-0.1, -0.05) is 96.8 Å². The Bertz CT molecular complexity index is 388. The largest absolute Gasteiger partial charge is 0.147 e. The first-order chi connectivity index (χ1) is 8.42. The van der Waals surface area contributed by atoms with Crippen LogP contribution in [0.4, 0.5) is 0 Å². The summed E-state index contributed by atoms with van der Waals surface area (Å²) < 4.78 is 0. The first-order valence-corrected chi connectivity index (χ1v) is 8.09. The van der Waals surface area contributed by atoms with E-state index in [0.717, 1.165) is 0 Å². The van der Waals surface area contributed by atoms with Crippen molar-refractivity contribution in [3.8, 4) is 0 Å². The molecule has 0 N–H and O–H groups in total. The van der Waals surface area contributed by atoms with Crippen LogP contribution in [0.3, 0.4) is 0 Å². The predicted octanol–water partition coefficient (Wildman–Crippen LogP) is 3.52. The summed E-state index contributed by atoms with van der Waals surface area (Å²) in [4.78, 5) is 0. The van der Waals surface area contributed by atoms with Crippen molar-refractivity contribution in [3.63, 3.8) is 0 Å². The molecule has 0 saturated heterocycles. The average molecular weight is 276 g/mol. The van der Waals surface area contributed by atoms with Gasteiger partial charge in [0, 0.05) is 0 Å². The van der Waals surface area contributed by atoms with Crippen molar-refractivity contribution >= 4 is 31.6 Å². The minimum absolute atomic E-state index is 0. The average Bonchev–Trinajstić information content (AvgIpc) is 2.42. The summed E-state index contributed by atoms with van der Waals surface area (Å²) in [5.74, 6) is 0. The zero-order valence-electron chi connectivity index (χ0n) is 10.8. The highest BCUT2D eigenvalue weighted by Gasteiger charge is 2.15. The van der Waals surface area contributed by atoms with E-state index in [1.165, 1.54) is 29.3 Å². The summed E-state index contributed by atoms with van der Waals surface area (Å²) in [6.45, 7) is 2.27. The summed E-state index contributed by atoms with van der Waals surface area (Å²) in [5, 5.41) is 3.08. The highest BCUT2D eigenvalue weighted by atomic mass is 35.5. The standard InChI is InChI=1S/C16H19Si.ClH/c1-2-3-14-17(15-10-6-4-7-11-15)16-12-8-5-9-13-16;/h4-13H,2-3,14H2,1H3;1H. The fourth-order valence-corrected chi connectivity index (χ4v) is 4.89. The van der Waals surface area contributed by atoms with Crippen molar-refractivity contribution in [3.05, 3.63) is 60.7 Å². The lowest BCUT2D eigenvalue weighted by atomic mass is 10.4. The predicted molar refractivity (Wildman–Crippen MR) is 84.9 cm³/mol. The minimum atomic E-state index is -0.562. The Kier molecular flexibility index (Phi) is 6.77. The SMILES string of the molecule is CCCC[Si](c1ccccc1)c1ccccc1.Cl. The third-order valence-corrected chi connectivity index (χ3v) is 5.94. The van der Waals surface area contributed by atoms with Crippen LogP contribution in [0, 0.1) is 0 Å². The van der Waals surface area contributed by atoms with Crippen LogP contribution in [-0.4, -0.2) is 8.80 Å². The van der Waals surface area contributed by atoms with E-state index in [1.54, 1.807) is 0 Å². The molecule has 0 nitrogen and oxygen atoms in total. The van der Waals surface area contributed by atoms with Gasteiger partial charge >= 0.3 is 0 Å². The van der Waals surface area contributed by atoms with Crippen LogP contribution in [0.15, 0.2) is 60.7 Å². The second-order valence-electron chi connectivity index (χ2n) is 4.31. The van der Waals surface area contributed by atoms with Gasteiger partial charge in [-0.15, -0.1) is 12.4 Å². The molecule has 0 amide bonds. The molecule has 2 rings (SSSR count). The Morgan fingerprint density at radius 1 is 0.778 bits per heavy atom. The van der Waals surface area contributed by atoms with E-state index in [2.05, 4.69) is 67.6 Å². The molecule has 95 valence electrons. The van der Waals surface area contributed by atoms with Crippen LogP contribution in [0.2, 0.25) is 6.04 Å². The highest BCUT2D eigenvalue weighted by Crippen LogP contribution is 2.03. The van der Waals surface area contributed by atoms with Crippen LogP contribution in [0.5, 0.6) is 0 Å². The topological polar surface area (TPSA) is 0 Å². The Hall–Kier alpha value is -1.05. The van der Waals surface area contributed by atoms with Gasteiger partial charge in [0.2, 0.25) is 0 Å². The maximum Gasteiger partial charge on any atom is 0.121 e. The quantitative estimate of drug-likeness (QED) is 0.733. The van der Waals surface area contributed by atoms with E-state index in [9.17, 15) is 0 Å². The lowest BCUT2D eigenvalue weighted by Gasteiger charge is -2.15. The van der Waals surface area contributed by atoms with Gasteiger partial charge in [-0.2, -0.15) is 0 Å². The molecule has 2 aromatic rings. The number of rotatable bonds is 5. The summed E-state index contributed by atoms with van der Waals surface area (Å²) in [7, 11) is -0.562. The monoisotopic (exact) mass is 275 g/mol. The molecule has 0 aromatic heterocycles. The molecule has 0 atom stereocenters. The van der Waals surface area contributed by atoms with Crippen molar-refractivity contribution in [2.24, 2.45) is 0 Å². The van der Waals surface area contributed by atoms with Gasteiger partial charge in [0.1, 0.15) is 8.80 Å². The van der Waals surface area contributed by atoms with Crippen LogP contribution in [0.25, 0.3) is 0 Å². The van der Waals surface area contributed by atoms with Gasteiger partial charge in [0.15, 0.2) is 0 Å². The fourth-order valence-electron chi connectivity index (χ4n) is 2.09. The second kappa shape index (κ2) is 8.12. The molecule has 0 bridgehead atoms. The van der Waals surface area contributed by atoms with E-state index in [4.69, 9.17) is 0 Å². The molecule has 2 aromatic carbocycles. The van der Waals surface area contributed by atoms with Gasteiger partial charge < -0.3 is 0 Å². The zero-order chi connectivity index (χ0) is 11.9. The molecule has 0 fully saturated rings. The van der Waals surface area contributed by atoms with E-state index in [0.29, 0.717) is 0 Å². The van der Waals surface area contributed by atoms with Gasteiger partial charge in [-0.05, 0) is 0 Å². The minimum Gasteiger partial charge on any atom is -0.147 e. The number of hydrogen-bond donors (Lipinski definition) is 0. The zero-order valence-corrected chi connectivity index (χ0v) is 12.6. The smallest absolute Gasteiger partial charge is 0.121 e. The maximum atomic E-state index is 2.29. The van der Waals surface area contributed by atoms with Crippen molar-refractivity contribution in [1.82, 2.24) is 0 Å². The molecule has 0 saturated carbocycles. The van der Waals surface area contributed by atoms with Gasteiger partial charge in [0.05, 0.1) is 0 Å². The number of halogens is 1. The van der Waals surface area contributed by atoms with E-state index < -0.39 is 8.80 Å². The number of benzene rings is 2. The van der Waals surface area contributed by atoms with Gasteiger partial charge in [0.25, 0.3) is 0 Å². The summed E-state index contributed by atoms with van der Waals surface area (Å²) in [5.41, 5.74) is 0. The van der Waals surface area contributed by atoms with Crippen molar-refractivity contribution in [2.75, 3.05) is 0 Å². The molecule has 0 heterocycles. The molecular weight excluding hydrogens is 256 g/mol. The summed E-state index contributed by atoms with van der Waals surface area (Å²) >= 11 is 0. The number of hydrogen-bond acceptors (Lipinski definition) is 0. The van der Waals surface area contributed by atoms with Crippen LogP contribution in [0.1, 0.15) is 19.8 Å². The Morgan fingerprint density at radius 2 is 1.22 bits per heavy atom. The fraction of sp³-hybridized carbons (Fsp3) is 0.250. The maximum absolute atomic E-state index is 2.29. The molecule has 1 radical (unpaired) electrons. The Balaban J connectivity index is 0.00000162. The molecule has 0 unspecified atom stereocenters. The third kappa shape index (κ3) is 4.00. The molecule has 0 aliphatic carbocycles. The van der Waals surface area contributed by atoms with Crippen molar-refractivity contribution < 1.29 is 0 Å². The van der Waals surface area contributed by atoms with Crippen LogP contribution in [-0.2, 0) is 0 Å². The summed E-state index contributed by atoms with van der Waals surface area (Å²) in [6.07, 6.45) is 2.62. The van der Waals surface area contributed by atoms with E-state index >= 15 is 0 Å². The molecule has 2 heteroatoms. The second-order valence-corrected chi connectivity index (χ2v) is 6.93. The van der Waals surface area contributed by atoms with Crippen LogP contribution < -0.4 is 10.4 Å². The normalized spacial score (nSPS) is 10.1. The first kappa shape index (κ1) is 15.0. The van der Waals surface area contributed by atoms with E-state index in [-0.39, 0.29) is 12.4 Å². The Labute approximate surface area is 118 Å². The molecule has 18 heavy (non-hydrogen) atoms. The highest BCUT2D eigenvalue weighted by molar-refractivity contribution is 6.85. The van der Waals surface area contributed by atoms with Crippen molar-refractivity contribution in [1.29, 1.82) is 0 Å².